The topological polar surface area (TPSA) is 50.7 Å². The first kappa shape index (κ1) is 23.5. The Morgan fingerprint density at radius 1 is 0.875 bits per heavy atom. The van der Waals surface area contributed by atoms with Crippen LogP contribution >= 0.6 is 0 Å². The van der Waals surface area contributed by atoms with Crippen molar-refractivity contribution < 1.29 is 9.53 Å². The molecule has 3 aromatic carbocycles. The normalized spacial score (nSPS) is 12.7. The van der Waals surface area contributed by atoms with Gasteiger partial charge in [-0.05, 0) is 66.1 Å². The van der Waals surface area contributed by atoms with Gasteiger partial charge in [0.2, 0.25) is 0 Å². The van der Waals surface area contributed by atoms with Crippen LogP contribution < -0.4 is 5.32 Å². The number of carbonyl (C=O) groups excluding carboxylic acids is 1. The Labute approximate surface area is 191 Å². The number of hydrogen-bond acceptors (Lipinski definition) is 3. The fourth-order valence-corrected chi connectivity index (χ4v) is 3.60. The number of rotatable bonds is 3. The van der Waals surface area contributed by atoms with Crippen LogP contribution in [0.25, 0.3) is 21.9 Å². The van der Waals surface area contributed by atoms with Crippen LogP contribution in [-0.2, 0) is 16.7 Å². The minimum atomic E-state index is -0.540. The van der Waals surface area contributed by atoms with E-state index >= 15 is 0 Å². The molecule has 0 aliphatic carbocycles. The number of nitrogens with zero attached hydrogens (tertiary/aromatic N) is 1. The van der Waals surface area contributed by atoms with Crippen LogP contribution in [0.3, 0.4) is 0 Å². The Balaban J connectivity index is 1.86. The van der Waals surface area contributed by atoms with Crippen molar-refractivity contribution in [1.29, 1.82) is 0 Å². The lowest BCUT2D eigenvalue weighted by atomic mass is 9.86. The van der Waals surface area contributed by atoms with Gasteiger partial charge in [0, 0.05) is 0 Å². The van der Waals surface area contributed by atoms with Crippen molar-refractivity contribution in [2.45, 2.75) is 66.0 Å². The van der Waals surface area contributed by atoms with Gasteiger partial charge in [0.15, 0.2) is 0 Å². The van der Waals surface area contributed by atoms with E-state index in [1.54, 1.807) is 6.92 Å². The Hall–Kier alpha value is -3.14. The lowest BCUT2D eigenvalue weighted by molar-refractivity contribution is 0.0562. The van der Waals surface area contributed by atoms with Gasteiger partial charge >= 0.3 is 6.09 Å². The maximum Gasteiger partial charge on any atom is 0.413 e. The number of carbonyl (C=O) groups is 1. The zero-order valence-electron chi connectivity index (χ0n) is 20.2. The quantitative estimate of drug-likeness (QED) is 0.351. The minimum Gasteiger partial charge on any atom is -0.444 e. The second kappa shape index (κ2) is 9.15. The molecule has 0 saturated heterocycles. The van der Waals surface area contributed by atoms with Gasteiger partial charge in [-0.2, -0.15) is 0 Å². The van der Waals surface area contributed by atoms with Crippen molar-refractivity contribution in [3.05, 3.63) is 71.8 Å². The van der Waals surface area contributed by atoms with Gasteiger partial charge in [-0.25, -0.2) is 4.79 Å². The van der Waals surface area contributed by atoms with Crippen LogP contribution in [0.5, 0.6) is 0 Å². The van der Waals surface area contributed by atoms with Crippen molar-refractivity contribution in [2.75, 3.05) is 0 Å². The van der Waals surface area contributed by atoms with Crippen LogP contribution in [0, 0.1) is 0 Å². The van der Waals surface area contributed by atoms with E-state index in [1.807, 2.05) is 26.8 Å². The van der Waals surface area contributed by atoms with Crippen molar-refractivity contribution >= 4 is 22.7 Å². The number of aliphatic imine (C=N–C) groups is 1. The van der Waals surface area contributed by atoms with E-state index in [-0.39, 0.29) is 5.41 Å². The molecular weight excluding hydrogens is 396 g/mol. The largest absolute Gasteiger partial charge is 0.444 e. The summed E-state index contributed by atoms with van der Waals surface area (Å²) in [4.78, 5) is 16.5. The maximum atomic E-state index is 12.0. The molecule has 0 unspecified atom stereocenters. The molecule has 0 aliphatic heterocycles. The summed E-state index contributed by atoms with van der Waals surface area (Å²) in [6.45, 7) is 14.4. The minimum absolute atomic E-state index is 0.133. The molecule has 0 radical (unpaired) electrons. The van der Waals surface area contributed by atoms with Crippen molar-refractivity contribution in [3.8, 4) is 11.1 Å². The van der Waals surface area contributed by atoms with E-state index in [1.165, 1.54) is 27.5 Å². The summed E-state index contributed by atoms with van der Waals surface area (Å²) in [6, 6.07) is 21.5. The van der Waals surface area contributed by atoms with E-state index < -0.39 is 11.7 Å². The van der Waals surface area contributed by atoms with Crippen LogP contribution in [0.2, 0.25) is 0 Å². The lowest BCUT2D eigenvalue weighted by Crippen LogP contribution is -2.35. The van der Waals surface area contributed by atoms with Crippen molar-refractivity contribution in [2.24, 2.45) is 4.99 Å². The third kappa shape index (κ3) is 5.97. The number of fused-ring (bicyclic) bond motifs is 1. The molecule has 0 atom stereocenters. The molecule has 0 spiro atoms. The zero-order valence-corrected chi connectivity index (χ0v) is 20.2. The number of amidine groups is 1. The van der Waals surface area contributed by atoms with Crippen molar-refractivity contribution in [1.82, 2.24) is 5.32 Å². The van der Waals surface area contributed by atoms with Crippen LogP contribution in [-0.4, -0.2) is 17.5 Å². The number of ether oxygens (including phenoxy) is 1. The molecule has 0 heterocycles. The summed E-state index contributed by atoms with van der Waals surface area (Å²) < 4.78 is 5.29. The van der Waals surface area contributed by atoms with Crippen molar-refractivity contribution in [3.63, 3.8) is 0 Å². The van der Waals surface area contributed by atoms with Gasteiger partial charge < -0.3 is 4.74 Å². The average Bonchev–Trinajstić information content (AvgIpc) is 2.70. The Morgan fingerprint density at radius 3 is 2.09 bits per heavy atom. The highest BCUT2D eigenvalue weighted by molar-refractivity contribution is 5.99. The highest BCUT2D eigenvalue weighted by Gasteiger charge is 2.17. The fraction of sp³-hybridized carbons (Fsp3) is 0.357. The standard InChI is InChI=1S/C28H34N2O2/c1-19(30-26(31)32-28(5,6)7)29-18-21-14-17-24(25-11-9-8-10-23(21)25)20-12-15-22(16-13-20)27(2,3)4/h8-17H,18H2,1-7H3,(H,29,30,31). The molecule has 4 nitrogen and oxygen atoms in total. The van der Waals surface area contributed by atoms with Crippen LogP contribution in [0.1, 0.15) is 59.6 Å². The monoisotopic (exact) mass is 430 g/mol. The van der Waals surface area contributed by atoms with Gasteiger partial charge in [-0.15, -0.1) is 0 Å². The molecule has 4 heteroatoms. The third-order valence-electron chi connectivity index (χ3n) is 5.24. The SMILES string of the molecule is CC(=NCc1ccc(-c2ccc(C(C)(C)C)cc2)c2ccccc12)NC(=O)OC(C)(C)C. The predicted molar refractivity (Wildman–Crippen MR) is 134 cm³/mol. The number of amides is 1. The summed E-state index contributed by atoms with van der Waals surface area (Å²) in [7, 11) is 0. The molecule has 0 bridgehead atoms. The second-order valence-corrected chi connectivity index (χ2v) is 10.2. The first-order valence-electron chi connectivity index (χ1n) is 11.1. The van der Waals surface area contributed by atoms with Crippen LogP contribution in [0.15, 0.2) is 65.7 Å². The molecule has 0 fully saturated rings. The molecule has 3 aromatic rings. The molecule has 0 aliphatic rings. The number of nitrogens with one attached hydrogen (secondary N) is 1. The maximum absolute atomic E-state index is 12.0. The van der Waals surface area contributed by atoms with E-state index in [4.69, 9.17) is 4.74 Å². The average molecular weight is 431 g/mol. The molecule has 3 rings (SSSR count). The molecule has 1 N–H and O–H groups in total. The first-order valence-corrected chi connectivity index (χ1v) is 11.1. The molecule has 32 heavy (non-hydrogen) atoms. The highest BCUT2D eigenvalue weighted by Crippen LogP contribution is 2.32. The summed E-state index contributed by atoms with van der Waals surface area (Å²) >= 11 is 0. The van der Waals surface area contributed by atoms with Gasteiger partial charge in [-0.3, -0.25) is 10.3 Å². The summed E-state index contributed by atoms with van der Waals surface area (Å²) in [5.41, 5.74) is 4.43. The first-order chi connectivity index (χ1) is 14.9. The summed E-state index contributed by atoms with van der Waals surface area (Å²) in [5, 5.41) is 5.06. The van der Waals surface area contributed by atoms with E-state index in [0.29, 0.717) is 12.4 Å². The third-order valence-corrected chi connectivity index (χ3v) is 5.24. The van der Waals surface area contributed by atoms with Gasteiger partial charge in [0.05, 0.1) is 6.54 Å². The van der Waals surface area contributed by atoms with E-state index in [9.17, 15) is 4.79 Å². The van der Waals surface area contributed by atoms with Crippen LogP contribution in [0.4, 0.5) is 4.79 Å². The fourth-order valence-electron chi connectivity index (χ4n) is 3.60. The lowest BCUT2D eigenvalue weighted by Gasteiger charge is -2.20. The smallest absolute Gasteiger partial charge is 0.413 e. The van der Waals surface area contributed by atoms with E-state index in [2.05, 4.69) is 85.7 Å². The summed E-state index contributed by atoms with van der Waals surface area (Å²) in [5.74, 6) is 0.533. The second-order valence-electron chi connectivity index (χ2n) is 10.2. The Kier molecular flexibility index (Phi) is 6.73. The molecule has 1 amide bonds. The van der Waals surface area contributed by atoms with Gasteiger partial charge in [0.25, 0.3) is 0 Å². The Bertz CT molecular complexity index is 1130. The summed E-state index contributed by atoms with van der Waals surface area (Å²) in [6.07, 6.45) is -0.488. The van der Waals surface area contributed by atoms with E-state index in [0.717, 1.165) is 5.56 Å². The number of alkyl carbamates (subject to hydrolysis) is 1. The molecule has 168 valence electrons. The molecule has 0 saturated carbocycles. The van der Waals surface area contributed by atoms with Gasteiger partial charge in [0.1, 0.15) is 11.4 Å². The zero-order chi connectivity index (χ0) is 23.5. The Morgan fingerprint density at radius 2 is 1.50 bits per heavy atom. The highest BCUT2D eigenvalue weighted by atomic mass is 16.6. The number of benzene rings is 3. The predicted octanol–water partition coefficient (Wildman–Crippen LogP) is 7.25. The molecule has 0 aromatic heterocycles. The molecular formula is C28H34N2O2. The van der Waals surface area contributed by atoms with Gasteiger partial charge in [-0.1, -0.05) is 81.4 Å². The number of hydrogen-bond donors (Lipinski definition) is 1.